The summed E-state index contributed by atoms with van der Waals surface area (Å²) in [4.78, 5) is 12.1. The molecule has 0 saturated heterocycles. The van der Waals surface area contributed by atoms with E-state index in [4.69, 9.17) is 9.94 Å². The van der Waals surface area contributed by atoms with Crippen molar-refractivity contribution >= 4 is 5.91 Å². The van der Waals surface area contributed by atoms with Crippen molar-refractivity contribution in [2.75, 3.05) is 7.11 Å². The lowest BCUT2D eigenvalue weighted by atomic mass is 10.1. The van der Waals surface area contributed by atoms with Gasteiger partial charge in [-0.15, -0.1) is 0 Å². The predicted molar refractivity (Wildman–Crippen MR) is 87.4 cm³/mol. The lowest BCUT2D eigenvalue weighted by molar-refractivity contribution is 0.0704. The Bertz CT molecular complexity index is 662. The molecule has 1 aromatic heterocycles. The van der Waals surface area contributed by atoms with Crippen LogP contribution >= 0.6 is 0 Å². The summed E-state index contributed by atoms with van der Waals surface area (Å²) >= 11 is 0. The van der Waals surface area contributed by atoms with Gasteiger partial charge in [0, 0.05) is 0 Å². The predicted octanol–water partition coefficient (Wildman–Crippen LogP) is 2.90. The van der Waals surface area contributed by atoms with Gasteiger partial charge < -0.3 is 4.74 Å². The van der Waals surface area contributed by atoms with Gasteiger partial charge in [0.1, 0.15) is 5.75 Å². The molecular formula is C17H23N3O3. The van der Waals surface area contributed by atoms with Gasteiger partial charge in [-0.1, -0.05) is 26.7 Å². The van der Waals surface area contributed by atoms with Crippen molar-refractivity contribution in [1.82, 2.24) is 15.3 Å². The van der Waals surface area contributed by atoms with E-state index in [1.807, 2.05) is 38.1 Å². The van der Waals surface area contributed by atoms with Crippen LogP contribution in [0, 0.1) is 0 Å². The van der Waals surface area contributed by atoms with E-state index in [0.717, 1.165) is 30.0 Å². The molecule has 2 rings (SSSR count). The van der Waals surface area contributed by atoms with Gasteiger partial charge in [0.2, 0.25) is 0 Å². The van der Waals surface area contributed by atoms with Gasteiger partial charge in [0.15, 0.2) is 0 Å². The topological polar surface area (TPSA) is 76.4 Å². The van der Waals surface area contributed by atoms with Crippen molar-refractivity contribution in [3.05, 3.63) is 41.2 Å². The molecule has 124 valence electrons. The monoisotopic (exact) mass is 317 g/mol. The number of hydrogen-bond donors (Lipinski definition) is 2. The Labute approximate surface area is 136 Å². The molecular weight excluding hydrogens is 294 g/mol. The van der Waals surface area contributed by atoms with E-state index in [-0.39, 0.29) is 0 Å². The average molecular weight is 317 g/mol. The lowest BCUT2D eigenvalue weighted by Crippen LogP contribution is -2.21. The molecule has 0 atom stereocenters. The molecule has 0 unspecified atom stereocenters. The molecule has 23 heavy (non-hydrogen) atoms. The van der Waals surface area contributed by atoms with Crippen LogP contribution in [0.2, 0.25) is 0 Å². The van der Waals surface area contributed by atoms with Crippen LogP contribution in [0.3, 0.4) is 0 Å². The number of carbonyl (C=O) groups is 1. The van der Waals surface area contributed by atoms with Crippen molar-refractivity contribution in [2.45, 2.75) is 39.5 Å². The maximum atomic E-state index is 12.1. The molecule has 2 N–H and O–H groups in total. The molecule has 0 aliphatic carbocycles. The fourth-order valence-electron chi connectivity index (χ4n) is 2.64. The van der Waals surface area contributed by atoms with Crippen molar-refractivity contribution < 1.29 is 14.7 Å². The number of aryl methyl sites for hydroxylation is 1. The number of carbonyl (C=O) groups excluding carboxylic acids is 1. The fraction of sp³-hybridized carbons (Fsp3) is 0.412. The number of hydroxylamine groups is 1. The van der Waals surface area contributed by atoms with E-state index >= 15 is 0 Å². The van der Waals surface area contributed by atoms with E-state index in [1.165, 1.54) is 0 Å². The lowest BCUT2D eigenvalue weighted by Gasteiger charge is -2.09. The van der Waals surface area contributed by atoms with Gasteiger partial charge in [-0.05, 0) is 37.1 Å². The second kappa shape index (κ2) is 7.78. The van der Waals surface area contributed by atoms with Crippen LogP contribution in [0.25, 0.3) is 5.69 Å². The zero-order chi connectivity index (χ0) is 16.8. The maximum Gasteiger partial charge on any atom is 0.278 e. The van der Waals surface area contributed by atoms with Crippen LogP contribution in [0.1, 0.15) is 48.4 Å². The third-order valence-electron chi connectivity index (χ3n) is 3.67. The highest BCUT2D eigenvalue weighted by Crippen LogP contribution is 2.23. The van der Waals surface area contributed by atoms with Crippen LogP contribution < -0.4 is 10.2 Å². The molecule has 0 aliphatic heterocycles. The number of ether oxygens (including phenoxy) is 1. The summed E-state index contributed by atoms with van der Waals surface area (Å²) in [6.07, 6.45) is 3.13. The number of rotatable bonds is 7. The molecule has 6 heteroatoms. The summed E-state index contributed by atoms with van der Waals surface area (Å²) in [6, 6.07) is 7.53. The van der Waals surface area contributed by atoms with E-state index in [9.17, 15) is 4.79 Å². The largest absolute Gasteiger partial charge is 0.497 e. The van der Waals surface area contributed by atoms with Crippen molar-refractivity contribution in [3.8, 4) is 11.4 Å². The first-order valence-corrected chi connectivity index (χ1v) is 7.85. The first-order chi connectivity index (χ1) is 11.2. The molecule has 0 aliphatic rings. The number of amides is 1. The molecule has 2 aromatic rings. The van der Waals surface area contributed by atoms with Crippen LogP contribution in [-0.2, 0) is 12.8 Å². The third-order valence-corrected chi connectivity index (χ3v) is 3.67. The van der Waals surface area contributed by atoms with Gasteiger partial charge in [-0.3, -0.25) is 10.0 Å². The summed E-state index contributed by atoms with van der Waals surface area (Å²) in [7, 11) is 1.62. The van der Waals surface area contributed by atoms with E-state index in [1.54, 1.807) is 17.3 Å². The zero-order valence-corrected chi connectivity index (χ0v) is 13.8. The van der Waals surface area contributed by atoms with Gasteiger partial charge in [-0.2, -0.15) is 5.10 Å². The van der Waals surface area contributed by atoms with Crippen LogP contribution in [0.4, 0.5) is 0 Å². The van der Waals surface area contributed by atoms with Crippen LogP contribution in [0.15, 0.2) is 24.3 Å². The highest BCUT2D eigenvalue weighted by Gasteiger charge is 2.23. The minimum Gasteiger partial charge on any atom is -0.497 e. The molecule has 6 nitrogen and oxygen atoms in total. The highest BCUT2D eigenvalue weighted by molar-refractivity contribution is 5.96. The van der Waals surface area contributed by atoms with Crippen molar-refractivity contribution in [1.29, 1.82) is 0 Å². The molecule has 1 aromatic carbocycles. The number of methoxy groups -OCH3 is 1. The Morgan fingerprint density at radius 1 is 1.22 bits per heavy atom. The van der Waals surface area contributed by atoms with Crippen LogP contribution in [-0.4, -0.2) is 28.0 Å². The van der Waals surface area contributed by atoms with Gasteiger partial charge in [0.05, 0.1) is 29.7 Å². The second-order valence-electron chi connectivity index (χ2n) is 5.32. The quantitative estimate of drug-likeness (QED) is 0.608. The zero-order valence-electron chi connectivity index (χ0n) is 13.8. The Balaban J connectivity index is 2.58. The molecule has 1 heterocycles. The fourth-order valence-corrected chi connectivity index (χ4v) is 2.64. The van der Waals surface area contributed by atoms with E-state index < -0.39 is 5.91 Å². The minimum absolute atomic E-state index is 0.479. The SMILES string of the molecule is CCCc1nn(-c2ccc(OC)cc2)c(CCC)c1C(=O)NO. The second-order valence-corrected chi connectivity index (χ2v) is 5.32. The summed E-state index contributed by atoms with van der Waals surface area (Å²) in [6.45, 7) is 4.08. The average Bonchev–Trinajstić information content (AvgIpc) is 2.93. The summed E-state index contributed by atoms with van der Waals surface area (Å²) in [5.74, 6) is 0.261. The Kier molecular flexibility index (Phi) is 5.76. The van der Waals surface area contributed by atoms with Crippen molar-refractivity contribution in [2.24, 2.45) is 0 Å². The number of nitrogens with one attached hydrogen (secondary N) is 1. The third kappa shape index (κ3) is 3.53. The van der Waals surface area contributed by atoms with Crippen LogP contribution in [0.5, 0.6) is 5.75 Å². The summed E-state index contributed by atoms with van der Waals surface area (Å²) in [5.41, 5.74) is 4.61. The van der Waals surface area contributed by atoms with Gasteiger partial charge in [0.25, 0.3) is 5.91 Å². The summed E-state index contributed by atoms with van der Waals surface area (Å²) in [5, 5.41) is 13.7. The molecule has 0 bridgehead atoms. The van der Waals surface area contributed by atoms with Gasteiger partial charge in [-0.25, -0.2) is 10.2 Å². The standard InChI is InChI=1S/C17H23N3O3/c1-4-6-14-16(17(21)19-22)15(7-5-2)20(18-14)12-8-10-13(23-3)11-9-12/h8-11,22H,4-7H2,1-3H3,(H,19,21). The number of hydrogen-bond acceptors (Lipinski definition) is 4. The number of benzene rings is 1. The first kappa shape index (κ1) is 17.0. The summed E-state index contributed by atoms with van der Waals surface area (Å²) < 4.78 is 6.97. The molecule has 0 saturated carbocycles. The molecule has 0 fully saturated rings. The van der Waals surface area contributed by atoms with Crippen molar-refractivity contribution in [3.63, 3.8) is 0 Å². The van der Waals surface area contributed by atoms with Gasteiger partial charge >= 0.3 is 0 Å². The Hall–Kier alpha value is -2.34. The maximum absolute atomic E-state index is 12.1. The number of aromatic nitrogens is 2. The normalized spacial score (nSPS) is 10.6. The Morgan fingerprint density at radius 3 is 2.39 bits per heavy atom. The molecule has 1 amide bonds. The molecule has 0 radical (unpaired) electrons. The number of nitrogens with zero attached hydrogens (tertiary/aromatic N) is 2. The van der Waals surface area contributed by atoms with E-state index in [2.05, 4.69) is 5.10 Å². The molecule has 0 spiro atoms. The highest BCUT2D eigenvalue weighted by atomic mass is 16.5. The first-order valence-electron chi connectivity index (χ1n) is 7.85. The van der Waals surface area contributed by atoms with E-state index in [0.29, 0.717) is 24.1 Å². The minimum atomic E-state index is -0.503. The smallest absolute Gasteiger partial charge is 0.278 e. The Morgan fingerprint density at radius 2 is 1.87 bits per heavy atom.